The number of nitrogens with zero attached hydrogens (tertiary/aromatic N) is 1. The van der Waals surface area contributed by atoms with E-state index < -0.39 is 37.2 Å². The summed E-state index contributed by atoms with van der Waals surface area (Å²) in [5.41, 5.74) is 6.41. The summed E-state index contributed by atoms with van der Waals surface area (Å²) in [4.78, 5) is -0.0912. The normalized spacial score (nSPS) is 19.5. The maximum absolute atomic E-state index is 13.2. The van der Waals surface area contributed by atoms with Crippen LogP contribution in [0.1, 0.15) is 12.8 Å². The smallest absolute Gasteiger partial charge is 0.264 e. The van der Waals surface area contributed by atoms with Crippen LogP contribution in [0.25, 0.3) is 0 Å². The molecule has 0 aromatic heterocycles. The molecule has 0 bridgehead atoms. The van der Waals surface area contributed by atoms with Crippen molar-refractivity contribution in [3.8, 4) is 5.75 Å². The van der Waals surface area contributed by atoms with Gasteiger partial charge < -0.3 is 10.5 Å². The summed E-state index contributed by atoms with van der Waals surface area (Å²) in [5, 5.41) is -0.391. The van der Waals surface area contributed by atoms with Crippen molar-refractivity contribution in [3.63, 3.8) is 0 Å². The van der Waals surface area contributed by atoms with Gasteiger partial charge in [-0.15, -0.1) is 0 Å². The summed E-state index contributed by atoms with van der Waals surface area (Å²) in [6, 6.07) is 9.07. The minimum Gasteiger partial charge on any atom is -0.485 e. The summed E-state index contributed by atoms with van der Waals surface area (Å²) >= 11 is 0. The van der Waals surface area contributed by atoms with Gasteiger partial charge in [0, 0.05) is 12.2 Å². The first kappa shape index (κ1) is 19.9. The molecule has 0 unspecified atom stereocenters. The third-order valence-corrected chi connectivity index (χ3v) is 8.50. The minimum absolute atomic E-state index is 0.0713. The van der Waals surface area contributed by atoms with Gasteiger partial charge in [-0.05, 0) is 55.3 Å². The van der Waals surface area contributed by atoms with Crippen LogP contribution in [-0.4, -0.2) is 41.3 Å². The summed E-state index contributed by atoms with van der Waals surface area (Å²) in [7, 11) is -7.49. The fourth-order valence-electron chi connectivity index (χ4n) is 3.10. The van der Waals surface area contributed by atoms with E-state index in [9.17, 15) is 21.2 Å². The zero-order valence-corrected chi connectivity index (χ0v) is 16.9. The van der Waals surface area contributed by atoms with E-state index in [1.165, 1.54) is 18.2 Å². The fraction of sp³-hybridized carbons (Fsp3) is 0.333. The summed E-state index contributed by atoms with van der Waals surface area (Å²) in [5.74, 6) is -0.283. The highest BCUT2D eigenvalue weighted by atomic mass is 32.2. The predicted octanol–water partition coefficient (Wildman–Crippen LogP) is 1.45. The van der Waals surface area contributed by atoms with Gasteiger partial charge in [0.05, 0.1) is 22.4 Å². The molecule has 1 fully saturated rings. The van der Waals surface area contributed by atoms with Crippen molar-refractivity contribution in [2.24, 2.45) is 0 Å². The standard InChI is InChI=1S/C18H20FN3O5S2/c19-12-1-4-16(5-2-12)29(25,26)22-11-14(10-21-28(23,24)15-6-7-15)27-18-8-3-13(20)9-17(18)22/h1-5,8-9,14-15,21H,6-7,10-11,20H2/t14-/m0/s1. The molecule has 1 heterocycles. The maximum Gasteiger partial charge on any atom is 0.264 e. The molecule has 1 atom stereocenters. The van der Waals surface area contributed by atoms with Gasteiger partial charge in [-0.2, -0.15) is 0 Å². The van der Waals surface area contributed by atoms with E-state index >= 15 is 0 Å². The number of fused-ring (bicyclic) bond motifs is 1. The lowest BCUT2D eigenvalue weighted by Crippen LogP contribution is -2.48. The van der Waals surface area contributed by atoms with Crippen LogP contribution in [0.2, 0.25) is 0 Å². The highest BCUT2D eigenvalue weighted by Gasteiger charge is 2.38. The average molecular weight is 442 g/mol. The Morgan fingerprint density at radius 1 is 1.10 bits per heavy atom. The van der Waals surface area contributed by atoms with E-state index in [-0.39, 0.29) is 29.4 Å². The molecule has 1 saturated carbocycles. The number of hydrogen-bond acceptors (Lipinski definition) is 6. The molecule has 2 aromatic carbocycles. The lowest BCUT2D eigenvalue weighted by molar-refractivity contribution is 0.203. The molecule has 2 aromatic rings. The van der Waals surface area contributed by atoms with Crippen molar-refractivity contribution in [1.29, 1.82) is 0 Å². The first-order chi connectivity index (χ1) is 13.7. The van der Waals surface area contributed by atoms with Crippen molar-refractivity contribution < 1.29 is 26.0 Å². The number of benzene rings is 2. The van der Waals surface area contributed by atoms with E-state index in [0.717, 1.165) is 16.4 Å². The van der Waals surface area contributed by atoms with E-state index in [1.807, 2.05) is 0 Å². The molecular weight excluding hydrogens is 421 g/mol. The number of sulfonamides is 2. The summed E-state index contributed by atoms with van der Waals surface area (Å²) in [6.45, 7) is -0.193. The van der Waals surface area contributed by atoms with Crippen LogP contribution in [0.4, 0.5) is 15.8 Å². The van der Waals surface area contributed by atoms with Crippen molar-refractivity contribution in [1.82, 2.24) is 4.72 Å². The maximum atomic E-state index is 13.2. The Morgan fingerprint density at radius 3 is 2.45 bits per heavy atom. The van der Waals surface area contributed by atoms with Gasteiger partial charge in [0.2, 0.25) is 10.0 Å². The molecule has 29 heavy (non-hydrogen) atoms. The van der Waals surface area contributed by atoms with Crippen LogP contribution < -0.4 is 19.5 Å². The molecule has 3 N–H and O–H groups in total. The Kier molecular flexibility index (Phi) is 4.91. The quantitative estimate of drug-likeness (QED) is 0.655. The molecule has 0 amide bonds. The Bertz CT molecular complexity index is 1130. The van der Waals surface area contributed by atoms with Crippen LogP contribution in [0.3, 0.4) is 0 Å². The Balaban J connectivity index is 1.65. The van der Waals surface area contributed by atoms with E-state index in [4.69, 9.17) is 10.5 Å². The molecular formula is C18H20FN3O5S2. The number of halogens is 1. The lowest BCUT2D eigenvalue weighted by Gasteiger charge is -2.35. The van der Waals surface area contributed by atoms with Crippen molar-refractivity contribution >= 4 is 31.4 Å². The van der Waals surface area contributed by atoms with Gasteiger partial charge in [0.1, 0.15) is 17.7 Å². The summed E-state index contributed by atoms with van der Waals surface area (Å²) in [6.07, 6.45) is 0.497. The molecule has 8 nitrogen and oxygen atoms in total. The van der Waals surface area contributed by atoms with Crippen molar-refractivity contribution in [3.05, 3.63) is 48.3 Å². The van der Waals surface area contributed by atoms with Crippen molar-refractivity contribution in [2.45, 2.75) is 29.1 Å². The number of hydrogen-bond donors (Lipinski definition) is 2. The van der Waals surface area contributed by atoms with Gasteiger partial charge in [0.15, 0.2) is 0 Å². The molecule has 2 aliphatic rings. The Hall–Kier alpha value is -2.37. The predicted molar refractivity (Wildman–Crippen MR) is 106 cm³/mol. The van der Waals surface area contributed by atoms with Crippen LogP contribution in [-0.2, 0) is 20.0 Å². The molecule has 1 aliphatic carbocycles. The second kappa shape index (κ2) is 7.15. The molecule has 4 rings (SSSR count). The van der Waals surface area contributed by atoms with E-state index in [2.05, 4.69) is 4.72 Å². The Labute approximate surface area is 168 Å². The SMILES string of the molecule is Nc1ccc2c(c1)N(S(=O)(=O)c1ccc(F)cc1)C[C@H](CNS(=O)(=O)C1CC1)O2. The second-order valence-electron chi connectivity index (χ2n) is 7.05. The zero-order chi connectivity index (χ0) is 20.8. The zero-order valence-electron chi connectivity index (χ0n) is 15.3. The highest BCUT2D eigenvalue weighted by Crippen LogP contribution is 2.38. The van der Waals surface area contributed by atoms with Crippen LogP contribution in [0.5, 0.6) is 5.75 Å². The van der Waals surface area contributed by atoms with Gasteiger partial charge in [-0.25, -0.2) is 25.9 Å². The molecule has 0 radical (unpaired) electrons. The molecule has 1 aliphatic heterocycles. The van der Waals surface area contributed by atoms with Crippen molar-refractivity contribution in [2.75, 3.05) is 23.1 Å². The fourth-order valence-corrected chi connectivity index (χ4v) is 6.01. The van der Waals surface area contributed by atoms with Gasteiger partial charge in [0.25, 0.3) is 10.0 Å². The lowest BCUT2D eigenvalue weighted by atomic mass is 10.2. The average Bonchev–Trinajstić information content (AvgIpc) is 3.52. The van der Waals surface area contributed by atoms with E-state index in [0.29, 0.717) is 18.5 Å². The topological polar surface area (TPSA) is 119 Å². The molecule has 0 saturated heterocycles. The van der Waals surface area contributed by atoms with Gasteiger partial charge in [-0.1, -0.05) is 0 Å². The highest BCUT2D eigenvalue weighted by molar-refractivity contribution is 7.92. The first-order valence-corrected chi connectivity index (χ1v) is 12.0. The summed E-state index contributed by atoms with van der Waals surface area (Å²) < 4.78 is 73.3. The number of nitrogen functional groups attached to an aromatic ring is 1. The minimum atomic E-state index is -4.05. The molecule has 0 spiro atoms. The largest absolute Gasteiger partial charge is 0.485 e. The first-order valence-electron chi connectivity index (χ1n) is 9.00. The molecule has 156 valence electrons. The number of ether oxygens (including phenoxy) is 1. The number of anilines is 2. The van der Waals surface area contributed by atoms with Gasteiger partial charge >= 0.3 is 0 Å². The number of nitrogens with one attached hydrogen (secondary N) is 1. The van der Waals surface area contributed by atoms with Gasteiger partial charge in [-0.3, -0.25) is 4.31 Å². The number of rotatable bonds is 6. The third kappa shape index (κ3) is 4.02. The third-order valence-electron chi connectivity index (χ3n) is 4.79. The van der Waals surface area contributed by atoms with Crippen LogP contribution in [0.15, 0.2) is 47.4 Å². The van der Waals surface area contributed by atoms with E-state index in [1.54, 1.807) is 12.1 Å². The molecule has 11 heteroatoms. The second-order valence-corrected chi connectivity index (χ2v) is 11.0. The Morgan fingerprint density at radius 2 is 1.79 bits per heavy atom. The van der Waals surface area contributed by atoms with Crippen LogP contribution >= 0.6 is 0 Å². The monoisotopic (exact) mass is 441 g/mol. The number of nitrogens with two attached hydrogens (primary N) is 1. The van der Waals surface area contributed by atoms with Crippen LogP contribution in [0, 0.1) is 5.82 Å².